The van der Waals surface area contributed by atoms with Gasteiger partial charge < -0.3 is 30.6 Å². The van der Waals surface area contributed by atoms with E-state index in [1.54, 1.807) is 0 Å². The molecule has 0 aromatic rings. The molecule has 0 heterocycles. The molecule has 0 aliphatic carbocycles. The number of hydrogen-bond donors (Lipinski definition) is 6. The van der Waals surface area contributed by atoms with Gasteiger partial charge in [0.1, 0.15) is 0 Å². The number of carbonyl (C=O) groups is 4. The van der Waals surface area contributed by atoms with Crippen molar-refractivity contribution in [2.45, 2.75) is 411 Å². The Morgan fingerprint density at radius 1 is 0.274 bits per heavy atom. The smallest absolute Gasteiger partial charge is 0.178 e. The molecule has 0 aromatic carbocycles. The number of unbranched alkanes of at least 4 members (excludes halogenated alkanes) is 46. The van der Waals surface area contributed by atoms with Crippen LogP contribution in [0.2, 0.25) is 0 Å². The lowest BCUT2D eigenvalue weighted by Gasteiger charge is -2.29. The highest BCUT2D eigenvalue weighted by atomic mass is 16.4. The van der Waals surface area contributed by atoms with Crippen LogP contribution in [0, 0.1) is 0 Å². The number of rotatable bonds is 66. The largest absolute Gasteiger partial charge is 0.393 e. The molecule has 0 amide bonds. The zero-order valence-electron chi connectivity index (χ0n) is 55.8. The van der Waals surface area contributed by atoms with Gasteiger partial charge in [0.15, 0.2) is 46.5 Å². The van der Waals surface area contributed by atoms with Crippen molar-refractivity contribution < 1.29 is 49.8 Å². The van der Waals surface area contributed by atoms with Crippen LogP contribution in [0.5, 0.6) is 0 Å². The van der Waals surface area contributed by atoms with Gasteiger partial charge in [0.25, 0.3) is 0 Å². The lowest BCUT2D eigenvalue weighted by Crippen LogP contribution is -2.55. The second-order valence-corrected chi connectivity index (χ2v) is 25.4. The molecule has 0 aliphatic heterocycles. The molecule has 0 rings (SSSR count). The minimum absolute atomic E-state index is 0.0625. The Balaban J connectivity index is 0. The summed E-state index contributed by atoms with van der Waals surface area (Å²) in [4.78, 5) is 50.2. The van der Waals surface area contributed by atoms with Gasteiger partial charge in [0.2, 0.25) is 0 Å². The molecule has 10 heteroatoms. The lowest BCUT2D eigenvalue weighted by molar-refractivity contribution is -0.165. The first-order valence-electron chi connectivity index (χ1n) is 36.3. The van der Waals surface area contributed by atoms with Crippen molar-refractivity contribution in [2.75, 3.05) is 13.2 Å². The Morgan fingerprint density at radius 2 is 0.440 bits per heavy atom. The van der Waals surface area contributed by atoms with E-state index in [1.807, 2.05) is 0 Å². The second-order valence-electron chi connectivity index (χ2n) is 25.4. The van der Waals surface area contributed by atoms with E-state index >= 15 is 0 Å². The van der Waals surface area contributed by atoms with Crippen molar-refractivity contribution in [3.05, 3.63) is 24.3 Å². The van der Waals surface area contributed by atoms with Gasteiger partial charge in [-0.05, 0) is 77.0 Å². The minimum Gasteiger partial charge on any atom is -0.393 e. The molecule has 0 spiro atoms. The fraction of sp³-hybridized carbons (Fsp3) is 0.892. The number of hydrogen-bond acceptors (Lipinski definition) is 10. The van der Waals surface area contributed by atoms with Gasteiger partial charge in [-0.3, -0.25) is 19.2 Å². The van der Waals surface area contributed by atoms with Crippen LogP contribution >= 0.6 is 0 Å². The number of carbonyl (C=O) groups excluding carboxylic acids is 4. The van der Waals surface area contributed by atoms with Crippen LogP contribution in [0.4, 0.5) is 0 Å². The minimum atomic E-state index is -2.39. The van der Waals surface area contributed by atoms with E-state index in [0.29, 0.717) is 25.7 Å². The van der Waals surface area contributed by atoms with Gasteiger partial charge in [0.05, 0.1) is 13.2 Å². The fourth-order valence-electron chi connectivity index (χ4n) is 11.2. The fourth-order valence-corrected chi connectivity index (χ4v) is 11.2. The first-order chi connectivity index (χ1) is 40.9. The van der Waals surface area contributed by atoms with Gasteiger partial charge in [-0.1, -0.05) is 309 Å². The molecular weight excluding hydrogens is 1050 g/mol. The van der Waals surface area contributed by atoms with E-state index in [0.717, 1.165) is 103 Å². The van der Waals surface area contributed by atoms with Gasteiger partial charge >= 0.3 is 0 Å². The number of ketones is 4. The van der Waals surface area contributed by atoms with E-state index in [9.17, 15) is 49.8 Å². The summed E-state index contributed by atoms with van der Waals surface area (Å²) in [5.41, 5.74) is -4.76. The average molecular weight is 1190 g/mol. The van der Waals surface area contributed by atoms with Crippen molar-refractivity contribution in [2.24, 2.45) is 0 Å². The molecule has 10 nitrogen and oxygen atoms in total. The van der Waals surface area contributed by atoms with Gasteiger partial charge in [-0.25, -0.2) is 0 Å². The third-order valence-corrected chi connectivity index (χ3v) is 17.3. The lowest BCUT2D eigenvalue weighted by atomic mass is 9.85. The molecule has 0 radical (unpaired) electrons. The van der Waals surface area contributed by atoms with Crippen LogP contribution < -0.4 is 0 Å². The molecule has 0 saturated carbocycles. The molecule has 0 saturated heterocycles. The Morgan fingerprint density at radius 3 is 0.631 bits per heavy atom. The summed E-state index contributed by atoms with van der Waals surface area (Å²) in [5.74, 6) is -2.36. The zero-order chi connectivity index (χ0) is 62.3. The first-order valence-corrected chi connectivity index (χ1v) is 36.3. The summed E-state index contributed by atoms with van der Waals surface area (Å²) in [7, 11) is 0. The molecule has 84 heavy (non-hydrogen) atoms. The highest BCUT2D eigenvalue weighted by molar-refractivity contribution is 5.97. The normalized spacial score (nSPS) is 13.9. The molecule has 496 valence electrons. The highest BCUT2D eigenvalue weighted by Gasteiger charge is 2.46. The SMILES string of the molecule is CCCCCCCCC=CCCCCCCCC(=O)C(O)C(O)(CO)C(=O)CCCCCCCC=CCCCCCCCC.CCCCCCCCCCCCCCCC(=O)C(O)C(O)(CO)C(=O)CCCCCCCCCCCCCCC. The topological polar surface area (TPSA) is 190 Å². The summed E-state index contributed by atoms with van der Waals surface area (Å²) >= 11 is 0. The van der Waals surface area contributed by atoms with Crippen LogP contribution in [0.25, 0.3) is 0 Å². The Kier molecular flexibility index (Phi) is 63.9. The maximum absolute atomic E-state index is 12.7. The predicted octanol–water partition coefficient (Wildman–Crippen LogP) is 19.5. The number of Topliss-reactive ketones (excluding diaryl/α,β-unsaturated/α-hetero) is 4. The van der Waals surface area contributed by atoms with Crippen molar-refractivity contribution in [3.63, 3.8) is 0 Å². The maximum Gasteiger partial charge on any atom is 0.178 e. The number of aliphatic hydroxyl groups is 6. The molecule has 4 atom stereocenters. The van der Waals surface area contributed by atoms with Crippen LogP contribution in [0.3, 0.4) is 0 Å². The van der Waals surface area contributed by atoms with E-state index in [2.05, 4.69) is 52.0 Å². The molecule has 0 fully saturated rings. The molecule has 4 unspecified atom stereocenters. The van der Waals surface area contributed by atoms with Gasteiger partial charge in [0, 0.05) is 25.7 Å². The number of allylic oxidation sites excluding steroid dienone is 4. The van der Waals surface area contributed by atoms with Crippen molar-refractivity contribution in [1.82, 2.24) is 0 Å². The Bertz CT molecular complexity index is 1510. The summed E-state index contributed by atoms with van der Waals surface area (Å²) in [5, 5.41) is 61.6. The third-order valence-electron chi connectivity index (χ3n) is 17.3. The molecule has 0 aliphatic rings. The Hall–Kier alpha value is -2.08. The standard InChI is InChI=1S/C39H72O5.C35H68O5/c1-3-5-7-9-11-13-15-17-19-21-23-25-27-29-31-33-36(41)38(43)39(44,35-40)37(42)34-32-30-28-26-24-22-20-18-16-14-12-10-8-6-4-2;1-3-5-7-9-11-13-15-17-19-21-23-25-27-29-32(37)34(39)35(40,31-36)33(38)30-28-26-24-22-20-18-16-14-12-10-8-6-4-2/h17-20,38,40,43-44H,3-16,21-35H2,1-2H3;34,36,39-40H,3-31H2,1-2H3. The quantitative estimate of drug-likeness (QED) is 0.0252. The number of aliphatic hydroxyl groups excluding tert-OH is 4. The van der Waals surface area contributed by atoms with E-state index < -0.39 is 59.8 Å². The van der Waals surface area contributed by atoms with Crippen LogP contribution in [0.1, 0.15) is 387 Å². The Labute approximate surface area is 518 Å². The summed E-state index contributed by atoms with van der Waals surface area (Å²) in [6.45, 7) is 7.13. The maximum atomic E-state index is 12.7. The van der Waals surface area contributed by atoms with E-state index in [1.165, 1.54) is 205 Å². The van der Waals surface area contributed by atoms with Crippen molar-refractivity contribution in [1.29, 1.82) is 0 Å². The summed E-state index contributed by atoms with van der Waals surface area (Å²) in [6.07, 6.45) is 67.0. The van der Waals surface area contributed by atoms with Gasteiger partial charge in [-0.2, -0.15) is 0 Å². The van der Waals surface area contributed by atoms with Crippen molar-refractivity contribution in [3.8, 4) is 0 Å². The zero-order valence-corrected chi connectivity index (χ0v) is 55.8. The first kappa shape index (κ1) is 84.0. The molecule has 0 bridgehead atoms. The molecule has 0 aromatic heterocycles. The monoisotopic (exact) mass is 1190 g/mol. The third kappa shape index (κ3) is 49.9. The predicted molar refractivity (Wildman–Crippen MR) is 356 cm³/mol. The van der Waals surface area contributed by atoms with Crippen LogP contribution in [-0.4, -0.2) is 90.4 Å². The van der Waals surface area contributed by atoms with Crippen LogP contribution in [0.15, 0.2) is 24.3 Å². The summed E-state index contributed by atoms with van der Waals surface area (Å²) < 4.78 is 0. The highest BCUT2D eigenvalue weighted by Crippen LogP contribution is 2.23. The van der Waals surface area contributed by atoms with Crippen molar-refractivity contribution >= 4 is 23.1 Å². The molecular formula is C74H140O10. The van der Waals surface area contributed by atoms with Crippen LogP contribution in [-0.2, 0) is 19.2 Å². The van der Waals surface area contributed by atoms with Gasteiger partial charge in [-0.15, -0.1) is 0 Å². The average Bonchev–Trinajstić information content (AvgIpc) is 3.55. The summed E-state index contributed by atoms with van der Waals surface area (Å²) in [6, 6.07) is 0. The van der Waals surface area contributed by atoms with E-state index in [-0.39, 0.29) is 25.7 Å². The molecule has 6 N–H and O–H groups in total. The van der Waals surface area contributed by atoms with E-state index in [4.69, 9.17) is 0 Å². The second kappa shape index (κ2) is 63.9.